The lowest BCUT2D eigenvalue weighted by Gasteiger charge is -2.37. The zero-order valence-electron chi connectivity index (χ0n) is 14.1. The molecule has 1 atom stereocenters. The summed E-state index contributed by atoms with van der Waals surface area (Å²) in [7, 11) is 1.73. The van der Waals surface area contributed by atoms with Crippen molar-refractivity contribution in [2.75, 3.05) is 39.9 Å². The van der Waals surface area contributed by atoms with Crippen LogP contribution >= 0.6 is 11.3 Å². The number of hydrogen-bond acceptors (Lipinski definition) is 5. The molecular formula is C18H23N3O2S. The fourth-order valence-corrected chi connectivity index (χ4v) is 3.59. The lowest BCUT2D eigenvalue weighted by molar-refractivity contribution is 0.0449. The minimum absolute atomic E-state index is 0.110. The summed E-state index contributed by atoms with van der Waals surface area (Å²) in [6.45, 7) is 6.21. The second-order valence-corrected chi connectivity index (χ2v) is 6.80. The Labute approximate surface area is 146 Å². The van der Waals surface area contributed by atoms with Crippen LogP contribution in [0.15, 0.2) is 35.2 Å². The number of piperazine rings is 1. The number of hydrogen-bond donors (Lipinski definition) is 0. The number of thiazole rings is 1. The van der Waals surface area contributed by atoms with Crippen LogP contribution in [-0.2, 0) is 4.74 Å². The minimum atomic E-state index is 0.110. The quantitative estimate of drug-likeness (QED) is 0.836. The highest BCUT2D eigenvalue weighted by Crippen LogP contribution is 2.20. The van der Waals surface area contributed by atoms with Gasteiger partial charge >= 0.3 is 0 Å². The Morgan fingerprint density at radius 3 is 2.54 bits per heavy atom. The van der Waals surface area contributed by atoms with Crippen molar-refractivity contribution in [3.8, 4) is 11.3 Å². The molecule has 1 aromatic carbocycles. The van der Waals surface area contributed by atoms with Crippen molar-refractivity contribution >= 4 is 17.2 Å². The van der Waals surface area contributed by atoms with Crippen molar-refractivity contribution in [1.82, 2.24) is 14.8 Å². The van der Waals surface area contributed by atoms with Crippen molar-refractivity contribution in [3.05, 3.63) is 40.7 Å². The van der Waals surface area contributed by atoms with Gasteiger partial charge in [0, 0.05) is 55.8 Å². The molecule has 0 spiro atoms. The summed E-state index contributed by atoms with van der Waals surface area (Å²) < 4.78 is 5.22. The number of amides is 1. The molecule has 1 aromatic heterocycles. The number of nitrogens with zero attached hydrogens (tertiary/aromatic N) is 3. The maximum Gasteiger partial charge on any atom is 0.253 e. The Balaban J connectivity index is 1.59. The van der Waals surface area contributed by atoms with Crippen LogP contribution in [0.3, 0.4) is 0 Å². The molecule has 2 heterocycles. The molecular weight excluding hydrogens is 322 g/mol. The number of carbonyl (C=O) groups is 1. The van der Waals surface area contributed by atoms with Gasteiger partial charge in [-0.2, -0.15) is 0 Å². The zero-order valence-corrected chi connectivity index (χ0v) is 15.0. The Morgan fingerprint density at radius 1 is 1.25 bits per heavy atom. The van der Waals surface area contributed by atoms with Gasteiger partial charge in [0.1, 0.15) is 0 Å². The summed E-state index contributed by atoms with van der Waals surface area (Å²) in [6, 6.07) is 8.14. The van der Waals surface area contributed by atoms with Gasteiger partial charge < -0.3 is 9.64 Å². The Morgan fingerprint density at radius 2 is 1.96 bits per heavy atom. The number of rotatable bonds is 5. The molecule has 128 valence electrons. The molecule has 1 aliphatic heterocycles. The van der Waals surface area contributed by atoms with Gasteiger partial charge in [0.2, 0.25) is 0 Å². The summed E-state index contributed by atoms with van der Waals surface area (Å²) >= 11 is 1.57. The molecule has 1 saturated heterocycles. The summed E-state index contributed by atoms with van der Waals surface area (Å²) in [5.41, 5.74) is 4.57. The normalized spacial score (nSPS) is 17.0. The number of ether oxygens (including phenoxy) is 1. The lowest BCUT2D eigenvalue weighted by atomic mass is 10.1. The zero-order chi connectivity index (χ0) is 16.9. The molecule has 1 aliphatic rings. The highest BCUT2D eigenvalue weighted by atomic mass is 32.1. The van der Waals surface area contributed by atoms with Crippen LogP contribution < -0.4 is 0 Å². The Hall–Kier alpha value is -1.76. The van der Waals surface area contributed by atoms with Crippen LogP contribution in [0.1, 0.15) is 17.3 Å². The summed E-state index contributed by atoms with van der Waals surface area (Å²) in [5, 5.41) is 2.01. The summed E-state index contributed by atoms with van der Waals surface area (Å²) in [4.78, 5) is 21.3. The third kappa shape index (κ3) is 3.83. The van der Waals surface area contributed by atoms with Crippen molar-refractivity contribution < 1.29 is 9.53 Å². The first kappa shape index (κ1) is 17.1. The minimum Gasteiger partial charge on any atom is -0.383 e. The van der Waals surface area contributed by atoms with Crippen LogP contribution in [0.2, 0.25) is 0 Å². The average Bonchev–Trinajstić information content (AvgIpc) is 3.16. The number of carbonyl (C=O) groups excluding carboxylic acids is 1. The molecule has 2 aromatic rings. The molecule has 0 N–H and O–H groups in total. The Kier molecular flexibility index (Phi) is 5.60. The second-order valence-electron chi connectivity index (χ2n) is 6.08. The van der Waals surface area contributed by atoms with E-state index < -0.39 is 0 Å². The number of benzene rings is 1. The van der Waals surface area contributed by atoms with Gasteiger partial charge in [0.05, 0.1) is 17.8 Å². The van der Waals surface area contributed by atoms with E-state index in [1.807, 2.05) is 40.1 Å². The summed E-state index contributed by atoms with van der Waals surface area (Å²) in [6.07, 6.45) is 0. The van der Waals surface area contributed by atoms with Crippen LogP contribution in [-0.4, -0.2) is 66.6 Å². The van der Waals surface area contributed by atoms with Crippen molar-refractivity contribution in [2.45, 2.75) is 13.0 Å². The third-order valence-electron chi connectivity index (χ3n) is 4.49. The lowest BCUT2D eigenvalue weighted by Crippen LogP contribution is -2.52. The van der Waals surface area contributed by atoms with Crippen LogP contribution in [0.25, 0.3) is 11.3 Å². The predicted octanol–water partition coefficient (Wildman–Crippen LogP) is 2.60. The molecule has 0 saturated carbocycles. The molecule has 1 fully saturated rings. The van der Waals surface area contributed by atoms with Gasteiger partial charge in [-0.05, 0) is 19.1 Å². The highest BCUT2D eigenvalue weighted by Gasteiger charge is 2.24. The first-order chi connectivity index (χ1) is 11.7. The predicted molar refractivity (Wildman–Crippen MR) is 96.4 cm³/mol. The smallest absolute Gasteiger partial charge is 0.253 e. The molecule has 3 rings (SSSR count). The van der Waals surface area contributed by atoms with E-state index in [4.69, 9.17) is 4.74 Å². The van der Waals surface area contributed by atoms with Gasteiger partial charge in [0.15, 0.2) is 0 Å². The molecule has 0 radical (unpaired) electrons. The SMILES string of the molecule is COCC(C)N1CCN(C(=O)c2ccc(-c3cscn3)cc2)CC1. The summed E-state index contributed by atoms with van der Waals surface area (Å²) in [5.74, 6) is 0.110. The van der Waals surface area contributed by atoms with E-state index in [1.54, 1.807) is 18.4 Å². The highest BCUT2D eigenvalue weighted by molar-refractivity contribution is 7.07. The molecule has 0 aliphatic carbocycles. The fourth-order valence-electron chi connectivity index (χ4n) is 3.03. The molecule has 0 bridgehead atoms. The fraction of sp³-hybridized carbons (Fsp3) is 0.444. The molecule has 24 heavy (non-hydrogen) atoms. The van der Waals surface area contributed by atoms with E-state index in [9.17, 15) is 4.79 Å². The van der Waals surface area contributed by atoms with E-state index in [2.05, 4.69) is 16.8 Å². The standard InChI is InChI=1S/C18H23N3O2S/c1-14(11-23-2)20-7-9-21(10-8-20)18(22)16-5-3-15(4-6-16)17-12-24-13-19-17/h3-6,12-14H,7-11H2,1-2H3. The van der Waals surface area contributed by atoms with Gasteiger partial charge in [-0.15, -0.1) is 11.3 Å². The van der Waals surface area contributed by atoms with Crippen LogP contribution in [0.5, 0.6) is 0 Å². The third-order valence-corrected chi connectivity index (χ3v) is 5.08. The van der Waals surface area contributed by atoms with Crippen molar-refractivity contribution in [2.24, 2.45) is 0 Å². The first-order valence-corrected chi connectivity index (χ1v) is 9.14. The topological polar surface area (TPSA) is 45.7 Å². The van der Waals surface area contributed by atoms with Crippen LogP contribution in [0.4, 0.5) is 0 Å². The monoisotopic (exact) mass is 345 g/mol. The van der Waals surface area contributed by atoms with E-state index in [-0.39, 0.29) is 5.91 Å². The maximum atomic E-state index is 12.7. The average molecular weight is 345 g/mol. The van der Waals surface area contributed by atoms with Gasteiger partial charge in [-0.1, -0.05) is 12.1 Å². The number of methoxy groups -OCH3 is 1. The van der Waals surface area contributed by atoms with Gasteiger partial charge in [-0.3, -0.25) is 9.69 Å². The number of aromatic nitrogens is 1. The molecule has 1 amide bonds. The van der Waals surface area contributed by atoms with E-state index in [0.29, 0.717) is 6.04 Å². The Bertz CT molecular complexity index is 649. The second kappa shape index (κ2) is 7.88. The van der Waals surface area contributed by atoms with Crippen molar-refractivity contribution in [3.63, 3.8) is 0 Å². The van der Waals surface area contributed by atoms with E-state index in [0.717, 1.165) is 49.6 Å². The van der Waals surface area contributed by atoms with Gasteiger partial charge in [0.25, 0.3) is 5.91 Å². The van der Waals surface area contributed by atoms with E-state index >= 15 is 0 Å². The molecule has 5 nitrogen and oxygen atoms in total. The van der Waals surface area contributed by atoms with Crippen molar-refractivity contribution in [1.29, 1.82) is 0 Å². The van der Waals surface area contributed by atoms with Gasteiger partial charge in [-0.25, -0.2) is 4.98 Å². The maximum absolute atomic E-state index is 12.7. The largest absolute Gasteiger partial charge is 0.383 e. The molecule has 6 heteroatoms. The molecule has 1 unspecified atom stereocenters. The van der Waals surface area contributed by atoms with E-state index in [1.165, 1.54) is 0 Å². The first-order valence-electron chi connectivity index (χ1n) is 8.20. The van der Waals surface area contributed by atoms with Crippen LogP contribution in [0, 0.1) is 0 Å².